The number of carbonyl (C=O) groups is 2. The molecule has 16 heavy (non-hydrogen) atoms. The molecule has 0 radical (unpaired) electrons. The van der Waals surface area contributed by atoms with Crippen molar-refractivity contribution >= 4 is 11.9 Å². The highest BCUT2D eigenvalue weighted by Gasteiger charge is 2.31. The predicted octanol–water partition coefficient (Wildman–Crippen LogP) is 0.483. The van der Waals surface area contributed by atoms with Gasteiger partial charge in [-0.2, -0.15) is 0 Å². The molecular formula is C11H20N2O3. The van der Waals surface area contributed by atoms with E-state index in [0.717, 1.165) is 19.3 Å². The minimum Gasteiger partial charge on any atom is -0.481 e. The largest absolute Gasteiger partial charge is 0.481 e. The van der Waals surface area contributed by atoms with Crippen LogP contribution in [0.2, 0.25) is 0 Å². The van der Waals surface area contributed by atoms with Gasteiger partial charge in [0.25, 0.3) is 0 Å². The van der Waals surface area contributed by atoms with Crippen molar-refractivity contribution in [3.8, 4) is 0 Å². The molecule has 0 bridgehead atoms. The fourth-order valence-electron chi connectivity index (χ4n) is 2.13. The lowest BCUT2D eigenvalue weighted by Crippen LogP contribution is -2.43. The number of hydrogen-bond donors (Lipinski definition) is 3. The van der Waals surface area contributed by atoms with Gasteiger partial charge < -0.3 is 16.2 Å². The summed E-state index contributed by atoms with van der Waals surface area (Å²) < 4.78 is 0. The molecule has 0 aromatic heterocycles. The van der Waals surface area contributed by atoms with Crippen LogP contribution < -0.4 is 11.1 Å². The van der Waals surface area contributed by atoms with Gasteiger partial charge >= 0.3 is 5.97 Å². The third kappa shape index (κ3) is 3.48. The molecule has 1 rings (SSSR count). The maximum Gasteiger partial charge on any atom is 0.305 e. The first-order chi connectivity index (χ1) is 7.54. The first-order valence-electron chi connectivity index (χ1n) is 5.82. The second-order valence-corrected chi connectivity index (χ2v) is 4.41. The molecule has 92 valence electrons. The van der Waals surface area contributed by atoms with E-state index in [0.29, 0.717) is 6.42 Å². The Labute approximate surface area is 95.4 Å². The normalized spacial score (nSPS) is 26.4. The topological polar surface area (TPSA) is 92.4 Å². The number of amides is 1. The van der Waals surface area contributed by atoms with Crippen molar-refractivity contribution in [1.82, 2.24) is 5.32 Å². The lowest BCUT2D eigenvalue weighted by molar-refractivity contribution is -0.137. The molecule has 0 heterocycles. The maximum atomic E-state index is 11.8. The summed E-state index contributed by atoms with van der Waals surface area (Å²) in [6, 6.07) is -0.347. The van der Waals surface area contributed by atoms with Crippen LogP contribution in [0.15, 0.2) is 0 Å². The Morgan fingerprint density at radius 1 is 1.50 bits per heavy atom. The quantitative estimate of drug-likeness (QED) is 0.638. The first-order valence-corrected chi connectivity index (χ1v) is 5.82. The molecule has 0 aromatic carbocycles. The van der Waals surface area contributed by atoms with E-state index in [2.05, 4.69) is 5.32 Å². The predicted molar refractivity (Wildman–Crippen MR) is 59.8 cm³/mol. The molecule has 3 atom stereocenters. The monoisotopic (exact) mass is 228 g/mol. The zero-order valence-corrected chi connectivity index (χ0v) is 9.61. The average Bonchev–Trinajstić information content (AvgIpc) is 2.62. The lowest BCUT2D eigenvalue weighted by atomic mass is 10.0. The number of nitrogens with two attached hydrogens (primary N) is 1. The summed E-state index contributed by atoms with van der Waals surface area (Å²) in [6.45, 7) is 1.86. The number of rotatable bonds is 5. The van der Waals surface area contributed by atoms with E-state index in [1.807, 2.05) is 6.92 Å². The zero-order chi connectivity index (χ0) is 12.1. The number of hydrogen-bond acceptors (Lipinski definition) is 3. The molecule has 0 aliphatic heterocycles. The van der Waals surface area contributed by atoms with Gasteiger partial charge in [-0.25, -0.2) is 0 Å². The third-order valence-corrected chi connectivity index (χ3v) is 3.17. The summed E-state index contributed by atoms with van der Waals surface area (Å²) >= 11 is 0. The fraction of sp³-hybridized carbons (Fsp3) is 0.818. The molecule has 3 unspecified atom stereocenters. The summed E-state index contributed by atoms with van der Waals surface area (Å²) in [5.41, 5.74) is 5.82. The minimum atomic E-state index is -0.886. The van der Waals surface area contributed by atoms with Gasteiger partial charge in [-0.05, 0) is 19.3 Å². The summed E-state index contributed by atoms with van der Waals surface area (Å²) in [4.78, 5) is 22.4. The van der Waals surface area contributed by atoms with Gasteiger partial charge in [0, 0.05) is 12.1 Å². The van der Waals surface area contributed by atoms with Crippen LogP contribution in [0.3, 0.4) is 0 Å². The summed E-state index contributed by atoms with van der Waals surface area (Å²) in [7, 11) is 0. The Morgan fingerprint density at radius 3 is 2.62 bits per heavy atom. The van der Waals surface area contributed by atoms with Crippen molar-refractivity contribution in [2.45, 2.75) is 51.1 Å². The fourth-order valence-corrected chi connectivity index (χ4v) is 2.13. The molecule has 5 nitrogen and oxygen atoms in total. The van der Waals surface area contributed by atoms with Crippen LogP contribution in [-0.4, -0.2) is 29.1 Å². The van der Waals surface area contributed by atoms with Gasteiger partial charge in [0.05, 0.1) is 12.3 Å². The van der Waals surface area contributed by atoms with Gasteiger partial charge in [0.1, 0.15) is 0 Å². The van der Waals surface area contributed by atoms with Gasteiger partial charge in [0.2, 0.25) is 5.91 Å². The number of carboxylic acids is 1. The van der Waals surface area contributed by atoms with Crippen molar-refractivity contribution in [2.75, 3.05) is 0 Å². The summed E-state index contributed by atoms with van der Waals surface area (Å²) in [5, 5.41) is 11.4. The van der Waals surface area contributed by atoms with E-state index in [9.17, 15) is 9.59 Å². The molecule has 1 aliphatic carbocycles. The highest BCUT2D eigenvalue weighted by molar-refractivity contribution is 5.80. The Balaban J connectivity index is 2.45. The molecule has 1 fully saturated rings. The molecule has 1 aliphatic rings. The first kappa shape index (κ1) is 13.0. The van der Waals surface area contributed by atoms with E-state index >= 15 is 0 Å². The molecule has 1 amide bonds. The van der Waals surface area contributed by atoms with Gasteiger partial charge in [-0.1, -0.05) is 13.3 Å². The minimum absolute atomic E-state index is 0.0236. The van der Waals surface area contributed by atoms with Crippen molar-refractivity contribution < 1.29 is 14.7 Å². The number of nitrogens with one attached hydrogen (secondary N) is 1. The van der Waals surface area contributed by atoms with Crippen molar-refractivity contribution in [3.63, 3.8) is 0 Å². The zero-order valence-electron chi connectivity index (χ0n) is 9.61. The Kier molecular flexibility index (Phi) is 4.73. The Hall–Kier alpha value is -1.10. The average molecular weight is 228 g/mol. The lowest BCUT2D eigenvalue weighted by Gasteiger charge is -2.20. The van der Waals surface area contributed by atoms with Crippen LogP contribution in [0.1, 0.15) is 39.0 Å². The van der Waals surface area contributed by atoms with Crippen LogP contribution in [0.4, 0.5) is 0 Å². The van der Waals surface area contributed by atoms with Crippen LogP contribution in [0, 0.1) is 5.92 Å². The smallest absolute Gasteiger partial charge is 0.305 e. The van der Waals surface area contributed by atoms with E-state index < -0.39 is 5.97 Å². The Bertz CT molecular complexity index is 268. The van der Waals surface area contributed by atoms with Crippen molar-refractivity contribution in [3.05, 3.63) is 0 Å². The second-order valence-electron chi connectivity index (χ2n) is 4.41. The van der Waals surface area contributed by atoms with E-state index in [-0.39, 0.29) is 30.3 Å². The standard InChI is InChI=1S/C11H20N2O3/c1-2-7(6-10(14)15)13-11(16)8-4-3-5-9(8)12/h7-9H,2-6,12H2,1H3,(H,13,16)(H,14,15). The van der Waals surface area contributed by atoms with Crippen molar-refractivity contribution in [1.29, 1.82) is 0 Å². The number of carbonyl (C=O) groups excluding carboxylic acids is 1. The third-order valence-electron chi connectivity index (χ3n) is 3.17. The summed E-state index contributed by atoms with van der Waals surface area (Å²) in [5.74, 6) is -1.11. The van der Waals surface area contributed by atoms with Crippen LogP contribution in [0.25, 0.3) is 0 Å². The number of aliphatic carboxylic acids is 1. The van der Waals surface area contributed by atoms with Crippen LogP contribution in [-0.2, 0) is 9.59 Å². The van der Waals surface area contributed by atoms with Crippen LogP contribution in [0.5, 0.6) is 0 Å². The second kappa shape index (κ2) is 5.84. The van der Waals surface area contributed by atoms with Gasteiger partial charge in [-0.3, -0.25) is 9.59 Å². The highest BCUT2D eigenvalue weighted by atomic mass is 16.4. The van der Waals surface area contributed by atoms with E-state index in [4.69, 9.17) is 10.8 Å². The highest BCUT2D eigenvalue weighted by Crippen LogP contribution is 2.24. The van der Waals surface area contributed by atoms with Crippen molar-refractivity contribution in [2.24, 2.45) is 11.7 Å². The van der Waals surface area contributed by atoms with E-state index in [1.165, 1.54) is 0 Å². The molecule has 0 aromatic rings. The van der Waals surface area contributed by atoms with Crippen LogP contribution >= 0.6 is 0 Å². The molecule has 5 heteroatoms. The number of carboxylic acid groups (broad SMARTS) is 1. The maximum absolute atomic E-state index is 11.8. The van der Waals surface area contributed by atoms with Gasteiger partial charge in [0.15, 0.2) is 0 Å². The molecular weight excluding hydrogens is 208 g/mol. The molecule has 1 saturated carbocycles. The van der Waals surface area contributed by atoms with E-state index in [1.54, 1.807) is 0 Å². The Morgan fingerprint density at radius 2 is 2.19 bits per heavy atom. The molecule has 0 spiro atoms. The summed E-state index contributed by atoms with van der Waals surface area (Å²) in [6.07, 6.45) is 3.28. The molecule has 0 saturated heterocycles. The molecule has 4 N–H and O–H groups in total. The van der Waals surface area contributed by atoms with Gasteiger partial charge in [-0.15, -0.1) is 0 Å². The SMILES string of the molecule is CCC(CC(=O)O)NC(=O)C1CCCC1N.